The fourth-order valence-corrected chi connectivity index (χ4v) is 3.59. The Labute approximate surface area is 150 Å². The van der Waals surface area contributed by atoms with Gasteiger partial charge in [0.05, 0.1) is 5.41 Å². The summed E-state index contributed by atoms with van der Waals surface area (Å²) in [7, 11) is 0. The van der Waals surface area contributed by atoms with E-state index in [1.54, 1.807) is 0 Å². The van der Waals surface area contributed by atoms with Gasteiger partial charge in [0.1, 0.15) is 0 Å². The SMILES string of the molecule is C[C@H](CCc1ccccc1)NC(=O)C1(c2ccccc2)CCOCC1. The molecule has 1 fully saturated rings. The van der Waals surface area contributed by atoms with E-state index in [0.29, 0.717) is 13.2 Å². The Kier molecular flexibility index (Phi) is 5.87. The number of hydrogen-bond donors (Lipinski definition) is 1. The number of rotatable bonds is 6. The van der Waals surface area contributed by atoms with E-state index in [0.717, 1.165) is 31.2 Å². The first-order chi connectivity index (χ1) is 12.2. The molecule has 0 unspecified atom stereocenters. The summed E-state index contributed by atoms with van der Waals surface area (Å²) in [6.07, 6.45) is 3.41. The molecule has 2 aromatic rings. The number of benzene rings is 2. The largest absolute Gasteiger partial charge is 0.381 e. The van der Waals surface area contributed by atoms with Crippen molar-refractivity contribution >= 4 is 5.91 Å². The van der Waals surface area contributed by atoms with Crippen molar-refractivity contribution in [2.45, 2.75) is 44.1 Å². The van der Waals surface area contributed by atoms with Gasteiger partial charge in [-0.15, -0.1) is 0 Å². The van der Waals surface area contributed by atoms with Crippen molar-refractivity contribution in [3.63, 3.8) is 0 Å². The van der Waals surface area contributed by atoms with Gasteiger partial charge in [0.2, 0.25) is 5.91 Å². The van der Waals surface area contributed by atoms with Gasteiger partial charge in [-0.2, -0.15) is 0 Å². The van der Waals surface area contributed by atoms with E-state index in [1.807, 2.05) is 24.3 Å². The second-order valence-electron chi connectivity index (χ2n) is 6.96. The molecule has 1 amide bonds. The van der Waals surface area contributed by atoms with Crippen LogP contribution in [0, 0.1) is 0 Å². The maximum Gasteiger partial charge on any atom is 0.231 e. The molecule has 0 aromatic heterocycles. The monoisotopic (exact) mass is 337 g/mol. The molecule has 3 heteroatoms. The molecule has 0 bridgehead atoms. The normalized spacial score (nSPS) is 17.6. The van der Waals surface area contributed by atoms with Crippen molar-refractivity contribution in [2.75, 3.05) is 13.2 Å². The van der Waals surface area contributed by atoms with Crippen molar-refractivity contribution < 1.29 is 9.53 Å². The highest BCUT2D eigenvalue weighted by atomic mass is 16.5. The fraction of sp³-hybridized carbons (Fsp3) is 0.409. The number of nitrogens with one attached hydrogen (secondary N) is 1. The predicted molar refractivity (Wildman–Crippen MR) is 101 cm³/mol. The van der Waals surface area contributed by atoms with Crippen LogP contribution in [0.25, 0.3) is 0 Å². The lowest BCUT2D eigenvalue weighted by molar-refractivity contribution is -0.131. The predicted octanol–water partition coefficient (Wildman–Crippen LogP) is 3.87. The summed E-state index contributed by atoms with van der Waals surface area (Å²) in [6.45, 7) is 3.38. The zero-order chi connectivity index (χ0) is 17.5. The maximum absolute atomic E-state index is 13.2. The smallest absolute Gasteiger partial charge is 0.231 e. The molecule has 132 valence electrons. The Morgan fingerprint density at radius 2 is 1.64 bits per heavy atom. The van der Waals surface area contributed by atoms with Gasteiger partial charge < -0.3 is 10.1 Å². The van der Waals surface area contributed by atoms with E-state index in [-0.39, 0.29) is 11.9 Å². The Hall–Kier alpha value is -2.13. The molecule has 2 aromatic carbocycles. The van der Waals surface area contributed by atoms with Crippen LogP contribution in [0.15, 0.2) is 60.7 Å². The minimum atomic E-state index is -0.458. The van der Waals surface area contributed by atoms with Crippen molar-refractivity contribution in [2.24, 2.45) is 0 Å². The highest BCUT2D eigenvalue weighted by molar-refractivity contribution is 5.88. The lowest BCUT2D eigenvalue weighted by atomic mass is 9.73. The highest BCUT2D eigenvalue weighted by Gasteiger charge is 2.41. The van der Waals surface area contributed by atoms with Crippen LogP contribution in [0.3, 0.4) is 0 Å². The van der Waals surface area contributed by atoms with Gasteiger partial charge in [-0.05, 0) is 43.7 Å². The van der Waals surface area contributed by atoms with Gasteiger partial charge in [-0.1, -0.05) is 60.7 Å². The molecular formula is C22H27NO2. The summed E-state index contributed by atoms with van der Waals surface area (Å²) >= 11 is 0. The molecule has 25 heavy (non-hydrogen) atoms. The van der Waals surface area contributed by atoms with E-state index >= 15 is 0 Å². The first-order valence-electron chi connectivity index (χ1n) is 9.19. The Morgan fingerprint density at radius 1 is 1.04 bits per heavy atom. The van der Waals surface area contributed by atoms with E-state index in [9.17, 15) is 4.79 Å². The lowest BCUT2D eigenvalue weighted by Crippen LogP contribution is -2.50. The molecule has 1 aliphatic rings. The third kappa shape index (κ3) is 4.29. The number of aryl methyl sites for hydroxylation is 1. The average Bonchev–Trinajstić information content (AvgIpc) is 2.68. The molecule has 3 rings (SSSR count). The van der Waals surface area contributed by atoms with Gasteiger partial charge in [0, 0.05) is 19.3 Å². The Morgan fingerprint density at radius 3 is 2.28 bits per heavy atom. The third-order valence-corrected chi connectivity index (χ3v) is 5.19. The maximum atomic E-state index is 13.2. The quantitative estimate of drug-likeness (QED) is 0.869. The average molecular weight is 337 g/mol. The third-order valence-electron chi connectivity index (χ3n) is 5.19. The molecule has 0 radical (unpaired) electrons. The van der Waals surface area contributed by atoms with Gasteiger partial charge in [-0.25, -0.2) is 0 Å². The van der Waals surface area contributed by atoms with E-state index in [1.165, 1.54) is 5.56 Å². The topological polar surface area (TPSA) is 38.3 Å². The van der Waals surface area contributed by atoms with Crippen LogP contribution in [-0.4, -0.2) is 25.2 Å². The number of amides is 1. The van der Waals surface area contributed by atoms with Crippen LogP contribution in [0.1, 0.15) is 37.3 Å². The zero-order valence-corrected chi connectivity index (χ0v) is 14.9. The Bertz CT molecular complexity index is 663. The lowest BCUT2D eigenvalue weighted by Gasteiger charge is -2.37. The molecule has 1 aliphatic heterocycles. The van der Waals surface area contributed by atoms with Crippen molar-refractivity contribution in [1.29, 1.82) is 0 Å². The number of hydrogen-bond acceptors (Lipinski definition) is 2. The number of ether oxygens (including phenoxy) is 1. The second kappa shape index (κ2) is 8.30. The molecule has 0 spiro atoms. The van der Waals surface area contributed by atoms with Gasteiger partial charge in [0.25, 0.3) is 0 Å². The summed E-state index contributed by atoms with van der Waals surface area (Å²) in [4.78, 5) is 13.2. The summed E-state index contributed by atoms with van der Waals surface area (Å²) in [5.74, 6) is 0.141. The molecule has 0 saturated carbocycles. The van der Waals surface area contributed by atoms with Crippen LogP contribution in [-0.2, 0) is 21.4 Å². The van der Waals surface area contributed by atoms with E-state index < -0.39 is 5.41 Å². The van der Waals surface area contributed by atoms with Crippen molar-refractivity contribution in [3.05, 3.63) is 71.8 Å². The first-order valence-corrected chi connectivity index (χ1v) is 9.19. The molecule has 1 N–H and O–H groups in total. The van der Waals surface area contributed by atoms with Gasteiger partial charge in [0.15, 0.2) is 0 Å². The molecule has 1 saturated heterocycles. The summed E-state index contributed by atoms with van der Waals surface area (Å²) in [5.41, 5.74) is 1.96. The van der Waals surface area contributed by atoms with Gasteiger partial charge >= 0.3 is 0 Å². The summed E-state index contributed by atoms with van der Waals surface area (Å²) in [6, 6.07) is 20.7. The molecule has 1 heterocycles. The van der Waals surface area contributed by atoms with Crippen LogP contribution in [0.2, 0.25) is 0 Å². The molecule has 0 aliphatic carbocycles. The van der Waals surface area contributed by atoms with Gasteiger partial charge in [-0.3, -0.25) is 4.79 Å². The summed E-state index contributed by atoms with van der Waals surface area (Å²) in [5, 5.41) is 3.26. The molecule has 3 nitrogen and oxygen atoms in total. The van der Waals surface area contributed by atoms with E-state index in [4.69, 9.17) is 4.74 Å². The standard InChI is InChI=1S/C22H27NO2/c1-18(12-13-19-8-4-2-5-9-19)23-21(24)22(14-16-25-17-15-22)20-10-6-3-7-11-20/h2-11,18H,12-17H2,1H3,(H,23,24)/t18-/m1/s1. The fourth-order valence-electron chi connectivity index (χ4n) is 3.59. The number of carbonyl (C=O) groups excluding carboxylic acids is 1. The van der Waals surface area contributed by atoms with Crippen LogP contribution >= 0.6 is 0 Å². The summed E-state index contributed by atoms with van der Waals surface area (Å²) < 4.78 is 5.53. The van der Waals surface area contributed by atoms with E-state index in [2.05, 4.69) is 48.6 Å². The minimum Gasteiger partial charge on any atom is -0.381 e. The minimum absolute atomic E-state index is 0.141. The molecule has 1 atom stereocenters. The Balaban J connectivity index is 1.66. The second-order valence-corrected chi connectivity index (χ2v) is 6.96. The zero-order valence-electron chi connectivity index (χ0n) is 14.9. The van der Waals surface area contributed by atoms with Crippen molar-refractivity contribution in [1.82, 2.24) is 5.32 Å². The number of carbonyl (C=O) groups is 1. The first kappa shape index (κ1) is 17.7. The van der Waals surface area contributed by atoms with Crippen LogP contribution < -0.4 is 5.32 Å². The van der Waals surface area contributed by atoms with Crippen LogP contribution in [0.4, 0.5) is 0 Å². The van der Waals surface area contributed by atoms with Crippen LogP contribution in [0.5, 0.6) is 0 Å². The highest BCUT2D eigenvalue weighted by Crippen LogP contribution is 2.35. The molecular weight excluding hydrogens is 310 g/mol. The van der Waals surface area contributed by atoms with Crippen molar-refractivity contribution in [3.8, 4) is 0 Å².